The predicted octanol–water partition coefficient (Wildman–Crippen LogP) is 5.86. The molecule has 146 valence electrons. The number of halogens is 6. The summed E-state index contributed by atoms with van der Waals surface area (Å²) in [6.45, 7) is 0. The van der Waals surface area contributed by atoms with Gasteiger partial charge in [0.05, 0.1) is 21.9 Å². The summed E-state index contributed by atoms with van der Waals surface area (Å²) in [5.41, 5.74) is -1.20. The Kier molecular flexibility index (Phi) is 5.69. The van der Waals surface area contributed by atoms with Crippen LogP contribution in [0.3, 0.4) is 0 Å². The molecule has 0 spiro atoms. The van der Waals surface area contributed by atoms with Crippen molar-refractivity contribution in [3.8, 4) is 11.4 Å². The first-order valence-electron chi connectivity index (χ1n) is 7.36. The van der Waals surface area contributed by atoms with Crippen molar-refractivity contribution in [3.05, 3.63) is 63.5 Å². The number of amides is 1. The quantitative estimate of drug-likeness (QED) is 0.542. The highest BCUT2D eigenvalue weighted by Crippen LogP contribution is 2.38. The number of anilines is 1. The molecule has 3 rings (SSSR count). The van der Waals surface area contributed by atoms with Crippen molar-refractivity contribution >= 4 is 46.7 Å². The van der Waals surface area contributed by atoms with Crippen molar-refractivity contribution < 1.29 is 22.7 Å². The normalized spacial score (nSPS) is 11.4. The standard InChI is InChI=1S/C16H8Cl3F3N4O2/c17-8-1-3-10(4-2-8)26-13(16(20,21)22)12(7-24-26)28-15(27)25-14-11(19)5-9(18)6-23-14/h1-7H,(H,23,25,27). The first kappa shape index (κ1) is 20.2. The molecule has 0 aliphatic rings. The Morgan fingerprint density at radius 2 is 1.75 bits per heavy atom. The second-order valence-electron chi connectivity index (χ2n) is 5.24. The van der Waals surface area contributed by atoms with E-state index in [2.05, 4.69) is 15.4 Å². The van der Waals surface area contributed by atoms with Gasteiger partial charge in [-0.05, 0) is 30.3 Å². The molecule has 0 fully saturated rings. The van der Waals surface area contributed by atoms with Gasteiger partial charge in [0.1, 0.15) is 0 Å². The van der Waals surface area contributed by atoms with E-state index in [1.165, 1.54) is 36.5 Å². The SMILES string of the molecule is O=C(Nc1ncc(Cl)cc1Cl)Oc1cnn(-c2ccc(Cl)cc2)c1C(F)(F)F. The fourth-order valence-electron chi connectivity index (χ4n) is 2.17. The monoisotopic (exact) mass is 450 g/mol. The molecule has 12 heteroatoms. The highest BCUT2D eigenvalue weighted by Gasteiger charge is 2.40. The summed E-state index contributed by atoms with van der Waals surface area (Å²) in [5.74, 6) is -0.931. The summed E-state index contributed by atoms with van der Waals surface area (Å²) in [6.07, 6.45) is -4.13. The number of pyridine rings is 1. The number of hydrogen-bond acceptors (Lipinski definition) is 4. The molecule has 0 bridgehead atoms. The molecule has 3 aromatic rings. The van der Waals surface area contributed by atoms with E-state index in [4.69, 9.17) is 39.5 Å². The largest absolute Gasteiger partial charge is 0.437 e. The van der Waals surface area contributed by atoms with Gasteiger partial charge in [0.25, 0.3) is 0 Å². The number of ether oxygens (including phenoxy) is 1. The molecule has 0 unspecified atom stereocenters. The van der Waals surface area contributed by atoms with E-state index in [9.17, 15) is 18.0 Å². The van der Waals surface area contributed by atoms with E-state index in [0.29, 0.717) is 9.70 Å². The maximum absolute atomic E-state index is 13.5. The number of nitrogens with one attached hydrogen (secondary N) is 1. The molecule has 1 amide bonds. The van der Waals surface area contributed by atoms with Crippen LogP contribution >= 0.6 is 34.8 Å². The van der Waals surface area contributed by atoms with E-state index in [0.717, 1.165) is 6.20 Å². The van der Waals surface area contributed by atoms with Crippen LogP contribution in [0.2, 0.25) is 15.1 Å². The number of nitrogens with zero attached hydrogens (tertiary/aromatic N) is 3. The zero-order chi connectivity index (χ0) is 20.5. The van der Waals surface area contributed by atoms with Crippen molar-refractivity contribution in [3.63, 3.8) is 0 Å². The molecule has 0 aliphatic heterocycles. The molecular formula is C16H8Cl3F3N4O2. The summed E-state index contributed by atoms with van der Waals surface area (Å²) in [5, 5.41) is 6.34. The van der Waals surface area contributed by atoms with Gasteiger partial charge in [0, 0.05) is 11.2 Å². The first-order chi connectivity index (χ1) is 13.1. The smallest absolute Gasteiger partial charge is 0.406 e. The number of aromatic nitrogens is 3. The Labute approximate surface area is 170 Å². The van der Waals surface area contributed by atoms with Gasteiger partial charge in [-0.15, -0.1) is 0 Å². The van der Waals surface area contributed by atoms with Gasteiger partial charge in [-0.25, -0.2) is 14.5 Å². The van der Waals surface area contributed by atoms with E-state index < -0.39 is 23.7 Å². The van der Waals surface area contributed by atoms with E-state index in [-0.39, 0.29) is 21.6 Å². The van der Waals surface area contributed by atoms with Gasteiger partial charge in [0.2, 0.25) is 0 Å². The summed E-state index contributed by atoms with van der Waals surface area (Å²) >= 11 is 17.3. The van der Waals surface area contributed by atoms with E-state index in [1.54, 1.807) is 0 Å². The molecule has 0 aliphatic carbocycles. The summed E-state index contributed by atoms with van der Waals surface area (Å²) in [6, 6.07) is 6.78. The van der Waals surface area contributed by atoms with Crippen LogP contribution in [-0.4, -0.2) is 20.9 Å². The maximum atomic E-state index is 13.5. The third-order valence-electron chi connectivity index (χ3n) is 3.31. The zero-order valence-electron chi connectivity index (χ0n) is 13.5. The molecule has 0 radical (unpaired) electrons. The Morgan fingerprint density at radius 3 is 2.36 bits per heavy atom. The Bertz CT molecular complexity index is 1020. The lowest BCUT2D eigenvalue weighted by Gasteiger charge is -2.13. The Balaban J connectivity index is 1.89. The zero-order valence-corrected chi connectivity index (χ0v) is 15.7. The topological polar surface area (TPSA) is 69.0 Å². The van der Waals surface area contributed by atoms with Crippen LogP contribution < -0.4 is 10.1 Å². The van der Waals surface area contributed by atoms with Crippen LogP contribution in [0.5, 0.6) is 5.75 Å². The maximum Gasteiger partial charge on any atom is 0.437 e. The van der Waals surface area contributed by atoms with Crippen LogP contribution in [0.1, 0.15) is 5.69 Å². The molecule has 2 heterocycles. The highest BCUT2D eigenvalue weighted by molar-refractivity contribution is 6.36. The van der Waals surface area contributed by atoms with Crippen LogP contribution in [0.15, 0.2) is 42.7 Å². The fraction of sp³-hybridized carbons (Fsp3) is 0.0625. The van der Waals surface area contributed by atoms with Gasteiger partial charge >= 0.3 is 12.3 Å². The molecule has 0 atom stereocenters. The molecule has 2 aromatic heterocycles. The fourth-order valence-corrected chi connectivity index (χ4v) is 2.73. The van der Waals surface area contributed by atoms with E-state index in [1.807, 2.05) is 0 Å². The van der Waals surface area contributed by atoms with Crippen LogP contribution in [0.25, 0.3) is 5.69 Å². The molecule has 1 N–H and O–H groups in total. The van der Waals surface area contributed by atoms with Gasteiger partial charge in [0.15, 0.2) is 17.3 Å². The average Bonchev–Trinajstić information content (AvgIpc) is 3.02. The number of carbonyl (C=O) groups is 1. The third kappa shape index (κ3) is 4.49. The lowest BCUT2D eigenvalue weighted by Crippen LogP contribution is -2.21. The minimum Gasteiger partial charge on any atom is -0.406 e. The summed E-state index contributed by atoms with van der Waals surface area (Å²) in [4.78, 5) is 15.8. The lowest BCUT2D eigenvalue weighted by molar-refractivity contribution is -0.143. The van der Waals surface area contributed by atoms with Crippen molar-refractivity contribution in [1.29, 1.82) is 0 Å². The minimum absolute atomic E-state index is 0.0163. The van der Waals surface area contributed by atoms with Crippen LogP contribution in [0.4, 0.5) is 23.8 Å². The molecule has 0 saturated heterocycles. The highest BCUT2D eigenvalue weighted by atomic mass is 35.5. The van der Waals surface area contributed by atoms with Crippen molar-refractivity contribution in [2.45, 2.75) is 6.18 Å². The second kappa shape index (κ2) is 7.86. The van der Waals surface area contributed by atoms with Crippen molar-refractivity contribution in [2.75, 3.05) is 5.32 Å². The average molecular weight is 452 g/mol. The van der Waals surface area contributed by atoms with Gasteiger partial charge in [-0.1, -0.05) is 34.8 Å². The molecule has 1 aromatic carbocycles. The second-order valence-corrected chi connectivity index (χ2v) is 6.52. The van der Waals surface area contributed by atoms with Gasteiger partial charge in [-0.3, -0.25) is 5.32 Å². The van der Waals surface area contributed by atoms with Gasteiger partial charge in [-0.2, -0.15) is 18.3 Å². The lowest BCUT2D eigenvalue weighted by atomic mass is 10.3. The summed E-state index contributed by atoms with van der Waals surface area (Å²) in [7, 11) is 0. The number of carbonyl (C=O) groups excluding carboxylic acids is 1. The van der Waals surface area contributed by atoms with Crippen LogP contribution in [-0.2, 0) is 6.18 Å². The minimum atomic E-state index is -4.86. The number of alkyl halides is 3. The van der Waals surface area contributed by atoms with Crippen molar-refractivity contribution in [2.24, 2.45) is 0 Å². The molecule has 28 heavy (non-hydrogen) atoms. The number of benzene rings is 1. The summed E-state index contributed by atoms with van der Waals surface area (Å²) < 4.78 is 46.0. The molecular weight excluding hydrogens is 444 g/mol. The molecule has 6 nitrogen and oxygen atoms in total. The number of rotatable bonds is 3. The Morgan fingerprint density at radius 1 is 1.07 bits per heavy atom. The van der Waals surface area contributed by atoms with Crippen LogP contribution in [0, 0.1) is 0 Å². The number of hydrogen-bond donors (Lipinski definition) is 1. The third-order valence-corrected chi connectivity index (χ3v) is 4.05. The Hall–Kier alpha value is -2.49. The van der Waals surface area contributed by atoms with E-state index >= 15 is 0 Å². The van der Waals surface area contributed by atoms with Crippen molar-refractivity contribution in [1.82, 2.24) is 14.8 Å². The predicted molar refractivity (Wildman–Crippen MR) is 97.5 cm³/mol. The molecule has 0 saturated carbocycles. The van der Waals surface area contributed by atoms with Gasteiger partial charge < -0.3 is 4.74 Å². The first-order valence-corrected chi connectivity index (χ1v) is 8.49.